The minimum absolute atomic E-state index is 0.0618. The smallest absolute Gasteiger partial charge is 0.0987 e. The zero-order valence-corrected chi connectivity index (χ0v) is 11.3. The van der Waals surface area contributed by atoms with Crippen LogP contribution in [0.15, 0.2) is 30.3 Å². The van der Waals surface area contributed by atoms with E-state index in [4.69, 9.17) is 0 Å². The summed E-state index contributed by atoms with van der Waals surface area (Å²) in [5, 5.41) is 11.3. The topological polar surface area (TPSA) is 53.0 Å². The molecular formula is C15H14NO2S-. The van der Waals surface area contributed by atoms with Gasteiger partial charge in [0, 0.05) is 17.3 Å². The van der Waals surface area contributed by atoms with Crippen LogP contribution in [0, 0.1) is 0 Å². The lowest BCUT2D eigenvalue weighted by Crippen LogP contribution is -2.24. The van der Waals surface area contributed by atoms with Crippen molar-refractivity contribution in [2.45, 2.75) is 31.6 Å². The van der Waals surface area contributed by atoms with Gasteiger partial charge < -0.3 is 9.90 Å². The Balaban J connectivity index is 1.80. The second-order valence-electron chi connectivity index (χ2n) is 4.88. The Bertz CT molecular complexity index is 591. The Morgan fingerprint density at radius 3 is 2.89 bits per heavy atom. The highest BCUT2D eigenvalue weighted by Gasteiger charge is 2.23. The van der Waals surface area contributed by atoms with Gasteiger partial charge in [-0.2, -0.15) is 0 Å². The summed E-state index contributed by atoms with van der Waals surface area (Å²) in [5.41, 5.74) is 2.46. The number of aromatic nitrogens is 1. The summed E-state index contributed by atoms with van der Waals surface area (Å²) >= 11 is 1.53. The number of aliphatic carboxylic acids is 1. The Labute approximate surface area is 115 Å². The van der Waals surface area contributed by atoms with Crippen molar-refractivity contribution in [3.63, 3.8) is 0 Å². The number of rotatable bonds is 3. The van der Waals surface area contributed by atoms with Crippen LogP contribution in [0.3, 0.4) is 0 Å². The molecule has 1 unspecified atom stereocenters. The van der Waals surface area contributed by atoms with Gasteiger partial charge >= 0.3 is 0 Å². The van der Waals surface area contributed by atoms with Crippen molar-refractivity contribution in [2.75, 3.05) is 0 Å². The average Bonchev–Trinajstić information content (AvgIpc) is 2.79. The molecule has 0 fully saturated rings. The fraction of sp³-hybridized carbons (Fsp3) is 0.333. The Kier molecular flexibility index (Phi) is 3.34. The fourth-order valence-corrected chi connectivity index (χ4v) is 3.82. The lowest BCUT2D eigenvalue weighted by atomic mass is 9.85. The molecule has 98 valence electrons. The number of carbonyl (C=O) groups is 1. The van der Waals surface area contributed by atoms with E-state index in [0.29, 0.717) is 10.9 Å². The van der Waals surface area contributed by atoms with Crippen LogP contribution in [-0.4, -0.2) is 11.0 Å². The molecule has 1 heterocycles. The van der Waals surface area contributed by atoms with E-state index in [1.54, 1.807) is 0 Å². The molecular weight excluding hydrogens is 258 g/mol. The first kappa shape index (κ1) is 12.4. The number of carboxylic acids is 1. The highest BCUT2D eigenvalue weighted by molar-refractivity contribution is 7.11. The molecule has 1 aliphatic rings. The van der Waals surface area contributed by atoms with Crippen molar-refractivity contribution in [1.29, 1.82) is 0 Å². The summed E-state index contributed by atoms with van der Waals surface area (Å²) in [7, 11) is 0. The summed E-state index contributed by atoms with van der Waals surface area (Å²) < 4.78 is 0. The normalized spacial score (nSPS) is 18.0. The SMILES string of the molecule is O=C([O-])Cc1nc2c(s1)CC(c1ccccc1)CC2. The Morgan fingerprint density at radius 1 is 1.37 bits per heavy atom. The number of carboxylic acid groups (broad SMARTS) is 1. The van der Waals surface area contributed by atoms with Crippen LogP contribution in [-0.2, 0) is 24.1 Å². The Morgan fingerprint density at radius 2 is 2.16 bits per heavy atom. The molecule has 0 amide bonds. The van der Waals surface area contributed by atoms with Crippen LogP contribution in [0.5, 0.6) is 0 Å². The van der Waals surface area contributed by atoms with E-state index in [-0.39, 0.29) is 6.42 Å². The number of carbonyl (C=O) groups excluding carboxylic acids is 1. The molecule has 0 radical (unpaired) electrons. The molecule has 0 spiro atoms. The highest BCUT2D eigenvalue weighted by atomic mass is 32.1. The van der Waals surface area contributed by atoms with Crippen molar-refractivity contribution < 1.29 is 9.90 Å². The van der Waals surface area contributed by atoms with E-state index < -0.39 is 5.97 Å². The molecule has 0 bridgehead atoms. The van der Waals surface area contributed by atoms with Crippen LogP contribution in [0.4, 0.5) is 0 Å². The van der Waals surface area contributed by atoms with E-state index >= 15 is 0 Å². The van der Waals surface area contributed by atoms with Crippen molar-refractivity contribution in [3.8, 4) is 0 Å². The molecule has 1 aliphatic carbocycles. The lowest BCUT2D eigenvalue weighted by Gasteiger charge is -2.21. The predicted octanol–water partition coefficient (Wildman–Crippen LogP) is 1.71. The highest BCUT2D eigenvalue weighted by Crippen LogP contribution is 2.35. The summed E-state index contributed by atoms with van der Waals surface area (Å²) in [6.07, 6.45) is 2.95. The molecule has 4 heteroatoms. The molecule has 0 saturated heterocycles. The number of nitrogens with zero attached hydrogens (tertiary/aromatic N) is 1. The third-order valence-electron chi connectivity index (χ3n) is 3.55. The molecule has 1 aromatic carbocycles. The monoisotopic (exact) mass is 272 g/mol. The molecule has 0 saturated carbocycles. The lowest BCUT2D eigenvalue weighted by molar-refractivity contribution is -0.304. The quantitative estimate of drug-likeness (QED) is 0.854. The third kappa shape index (κ3) is 2.68. The molecule has 3 rings (SSSR count). The molecule has 3 nitrogen and oxygen atoms in total. The summed E-state index contributed by atoms with van der Waals surface area (Å²) in [6, 6.07) is 10.5. The number of fused-ring (bicyclic) bond motifs is 1. The maximum atomic E-state index is 10.6. The van der Waals surface area contributed by atoms with Gasteiger partial charge in [0.05, 0.1) is 10.7 Å². The largest absolute Gasteiger partial charge is 0.550 e. The van der Waals surface area contributed by atoms with Crippen molar-refractivity contribution >= 4 is 17.3 Å². The van der Waals surface area contributed by atoms with Crippen LogP contribution in [0.2, 0.25) is 0 Å². The van der Waals surface area contributed by atoms with Crippen molar-refractivity contribution in [3.05, 3.63) is 51.5 Å². The van der Waals surface area contributed by atoms with Gasteiger partial charge in [-0.25, -0.2) is 4.98 Å². The zero-order chi connectivity index (χ0) is 13.2. The molecule has 2 aromatic rings. The number of benzene rings is 1. The molecule has 19 heavy (non-hydrogen) atoms. The second kappa shape index (κ2) is 5.13. The van der Waals surface area contributed by atoms with Gasteiger partial charge in [0.15, 0.2) is 0 Å². The van der Waals surface area contributed by atoms with E-state index in [9.17, 15) is 9.90 Å². The van der Waals surface area contributed by atoms with Crippen LogP contribution >= 0.6 is 11.3 Å². The van der Waals surface area contributed by atoms with Gasteiger partial charge in [0.1, 0.15) is 0 Å². The molecule has 1 aromatic heterocycles. The first-order valence-corrected chi connectivity index (χ1v) is 7.26. The van der Waals surface area contributed by atoms with Crippen molar-refractivity contribution in [1.82, 2.24) is 4.98 Å². The van der Waals surface area contributed by atoms with E-state index in [0.717, 1.165) is 25.0 Å². The van der Waals surface area contributed by atoms with Gasteiger partial charge in [-0.05, 0) is 30.7 Å². The summed E-state index contributed by atoms with van der Waals surface area (Å²) in [5.74, 6) is -0.518. The van der Waals surface area contributed by atoms with Gasteiger partial charge in [0.2, 0.25) is 0 Å². The minimum Gasteiger partial charge on any atom is -0.550 e. The maximum Gasteiger partial charge on any atom is 0.0987 e. The zero-order valence-electron chi connectivity index (χ0n) is 10.5. The summed E-state index contributed by atoms with van der Waals surface area (Å²) in [4.78, 5) is 16.3. The van der Waals surface area contributed by atoms with E-state index in [2.05, 4.69) is 29.2 Å². The number of hydrogen-bond donors (Lipinski definition) is 0. The Hall–Kier alpha value is -1.68. The van der Waals surface area contributed by atoms with Gasteiger partial charge in [-0.1, -0.05) is 30.3 Å². The van der Waals surface area contributed by atoms with Crippen LogP contribution in [0.25, 0.3) is 0 Å². The molecule has 0 N–H and O–H groups in total. The molecule has 1 atom stereocenters. The predicted molar refractivity (Wildman–Crippen MR) is 72.0 cm³/mol. The average molecular weight is 272 g/mol. The van der Waals surface area contributed by atoms with Gasteiger partial charge in [-0.3, -0.25) is 0 Å². The number of aryl methyl sites for hydroxylation is 1. The van der Waals surface area contributed by atoms with Crippen molar-refractivity contribution in [2.24, 2.45) is 0 Å². The fourth-order valence-electron chi connectivity index (χ4n) is 2.64. The third-order valence-corrected chi connectivity index (χ3v) is 4.67. The number of thiazole rings is 1. The van der Waals surface area contributed by atoms with Crippen LogP contribution < -0.4 is 5.11 Å². The second-order valence-corrected chi connectivity index (χ2v) is 6.04. The first-order valence-electron chi connectivity index (χ1n) is 6.44. The van der Waals surface area contributed by atoms with E-state index in [1.165, 1.54) is 21.8 Å². The van der Waals surface area contributed by atoms with Crippen LogP contribution in [0.1, 0.15) is 33.5 Å². The standard InChI is InChI=1S/C15H15NO2S/c17-15(18)9-14-16-12-7-6-11(8-13(12)19-14)10-4-2-1-3-5-10/h1-5,11H,6-9H2,(H,17,18)/p-1. The first-order chi connectivity index (χ1) is 9.22. The minimum atomic E-state index is -1.05. The number of hydrogen-bond acceptors (Lipinski definition) is 4. The maximum absolute atomic E-state index is 10.6. The van der Waals surface area contributed by atoms with Gasteiger partial charge in [0.25, 0.3) is 0 Å². The van der Waals surface area contributed by atoms with E-state index in [1.807, 2.05) is 6.07 Å². The van der Waals surface area contributed by atoms with Gasteiger partial charge in [-0.15, -0.1) is 11.3 Å². The summed E-state index contributed by atoms with van der Waals surface area (Å²) in [6.45, 7) is 0. The molecule has 0 aliphatic heterocycles.